The molecule has 1 atom stereocenters. The summed E-state index contributed by atoms with van der Waals surface area (Å²) in [4.78, 5) is 20.6. The average molecular weight is 625 g/mol. The zero-order valence-electron chi connectivity index (χ0n) is 26.5. The Kier molecular flexibility index (Phi) is 9.96. The lowest BCUT2D eigenvalue weighted by atomic mass is 9.84. The number of amides is 1. The lowest BCUT2D eigenvalue weighted by Crippen LogP contribution is -2.41. The predicted octanol–water partition coefficient (Wildman–Crippen LogP) is 7.07. The first-order valence-electron chi connectivity index (χ1n) is 15.5. The Morgan fingerprint density at radius 1 is 1.11 bits per heavy atom. The normalized spacial score (nSPS) is 13.7. The molecule has 3 aromatic carbocycles. The number of fused-ring (bicyclic) bond motifs is 1. The lowest BCUT2D eigenvalue weighted by molar-refractivity contribution is -0.136. The van der Waals surface area contributed by atoms with Crippen molar-refractivity contribution in [2.24, 2.45) is 11.7 Å². The van der Waals surface area contributed by atoms with Crippen LogP contribution in [0.5, 0.6) is 11.5 Å². The SMILES string of the molecule is Cc1cc(C)c(OCCOc2ccc(CC(CN)C(=O)N(Cc3cc(C(C)(C)C#N)cc4cccnc34)C3CC3)cc2)c(Cl)c1. The first-order valence-corrected chi connectivity index (χ1v) is 15.9. The van der Waals surface area contributed by atoms with Gasteiger partial charge in [0, 0.05) is 30.7 Å². The van der Waals surface area contributed by atoms with E-state index in [1.165, 1.54) is 0 Å². The first kappa shape index (κ1) is 32.3. The third-order valence-corrected chi connectivity index (χ3v) is 8.69. The summed E-state index contributed by atoms with van der Waals surface area (Å²) in [6, 6.07) is 22.3. The number of rotatable bonds is 13. The molecule has 1 amide bonds. The molecule has 7 nitrogen and oxygen atoms in total. The van der Waals surface area contributed by atoms with Gasteiger partial charge in [-0.05, 0) is 105 Å². The summed E-state index contributed by atoms with van der Waals surface area (Å²) < 4.78 is 11.8. The molecule has 1 aliphatic carbocycles. The fourth-order valence-electron chi connectivity index (χ4n) is 5.67. The Morgan fingerprint density at radius 3 is 2.51 bits per heavy atom. The van der Waals surface area contributed by atoms with Crippen LogP contribution in [0.4, 0.5) is 0 Å². The van der Waals surface area contributed by atoms with Crippen molar-refractivity contribution < 1.29 is 14.3 Å². The molecule has 1 aliphatic rings. The van der Waals surface area contributed by atoms with Gasteiger partial charge < -0.3 is 20.1 Å². The highest BCUT2D eigenvalue weighted by Gasteiger charge is 2.36. The molecule has 1 aromatic heterocycles. The van der Waals surface area contributed by atoms with Crippen LogP contribution in [-0.4, -0.2) is 41.6 Å². The molecule has 1 unspecified atom stereocenters. The van der Waals surface area contributed by atoms with Crippen LogP contribution < -0.4 is 15.2 Å². The molecule has 45 heavy (non-hydrogen) atoms. The average Bonchev–Trinajstić information content (AvgIpc) is 3.87. The van der Waals surface area contributed by atoms with Crippen LogP contribution in [0.15, 0.2) is 66.9 Å². The van der Waals surface area contributed by atoms with Crippen LogP contribution in [0.3, 0.4) is 0 Å². The van der Waals surface area contributed by atoms with Crippen LogP contribution in [0.25, 0.3) is 10.9 Å². The van der Waals surface area contributed by atoms with E-state index in [2.05, 4.69) is 11.1 Å². The maximum atomic E-state index is 14.0. The summed E-state index contributed by atoms with van der Waals surface area (Å²) in [6.45, 7) is 9.23. The van der Waals surface area contributed by atoms with Crippen molar-refractivity contribution in [2.75, 3.05) is 19.8 Å². The van der Waals surface area contributed by atoms with Crippen LogP contribution in [-0.2, 0) is 23.2 Å². The van der Waals surface area contributed by atoms with E-state index >= 15 is 0 Å². The van der Waals surface area contributed by atoms with E-state index in [-0.39, 0.29) is 24.4 Å². The molecule has 2 N–H and O–H groups in total. The number of halogens is 1. The number of nitrogens with two attached hydrogens (primary N) is 1. The third kappa shape index (κ3) is 7.76. The van der Waals surface area contributed by atoms with Crippen molar-refractivity contribution in [3.05, 3.63) is 99.7 Å². The summed E-state index contributed by atoms with van der Waals surface area (Å²) in [6.07, 6.45) is 4.26. The summed E-state index contributed by atoms with van der Waals surface area (Å²) in [7, 11) is 0. The molecule has 8 heteroatoms. The minimum Gasteiger partial charge on any atom is -0.490 e. The van der Waals surface area contributed by atoms with E-state index < -0.39 is 5.41 Å². The summed E-state index contributed by atoms with van der Waals surface area (Å²) in [5, 5.41) is 11.4. The van der Waals surface area contributed by atoms with Crippen LogP contribution >= 0.6 is 11.6 Å². The maximum Gasteiger partial charge on any atom is 0.227 e. The predicted molar refractivity (Wildman–Crippen MR) is 179 cm³/mol. The fourth-order valence-corrected chi connectivity index (χ4v) is 6.05. The van der Waals surface area contributed by atoms with Crippen LogP contribution in [0.2, 0.25) is 5.02 Å². The molecule has 0 spiro atoms. The third-order valence-electron chi connectivity index (χ3n) is 8.41. The van der Waals surface area contributed by atoms with Gasteiger partial charge in [0.1, 0.15) is 24.7 Å². The molecule has 1 fully saturated rings. The second-order valence-corrected chi connectivity index (χ2v) is 12.9. The topological polar surface area (TPSA) is 101 Å². The smallest absolute Gasteiger partial charge is 0.227 e. The van der Waals surface area contributed by atoms with Gasteiger partial charge in [-0.15, -0.1) is 0 Å². The van der Waals surface area contributed by atoms with Crippen molar-refractivity contribution in [1.82, 2.24) is 9.88 Å². The van der Waals surface area contributed by atoms with Gasteiger partial charge in [-0.2, -0.15) is 5.26 Å². The second kappa shape index (κ2) is 13.9. The molecule has 0 aliphatic heterocycles. The molecule has 0 bridgehead atoms. The number of hydrogen-bond donors (Lipinski definition) is 1. The molecule has 234 valence electrons. The quantitative estimate of drug-likeness (QED) is 0.160. The Hall–Kier alpha value is -4.12. The van der Waals surface area contributed by atoms with Crippen molar-refractivity contribution in [2.45, 2.75) is 65.0 Å². The molecule has 0 radical (unpaired) electrons. The number of nitriles is 1. The second-order valence-electron chi connectivity index (χ2n) is 12.5. The van der Waals surface area contributed by atoms with Gasteiger partial charge in [0.15, 0.2) is 0 Å². The van der Waals surface area contributed by atoms with Gasteiger partial charge in [-0.1, -0.05) is 41.9 Å². The largest absolute Gasteiger partial charge is 0.490 e. The summed E-state index contributed by atoms with van der Waals surface area (Å²) in [5.74, 6) is 1.11. The zero-order chi connectivity index (χ0) is 32.1. The lowest BCUT2D eigenvalue weighted by Gasteiger charge is -2.28. The number of aryl methyl sites for hydroxylation is 2. The highest BCUT2D eigenvalue weighted by Crippen LogP contribution is 2.34. The van der Waals surface area contributed by atoms with Gasteiger partial charge in [0.2, 0.25) is 5.91 Å². The number of benzene rings is 3. The van der Waals surface area contributed by atoms with Gasteiger partial charge >= 0.3 is 0 Å². The zero-order valence-corrected chi connectivity index (χ0v) is 27.2. The Labute approximate surface area is 270 Å². The van der Waals surface area contributed by atoms with E-state index in [1.54, 1.807) is 6.20 Å². The first-order chi connectivity index (χ1) is 21.6. The van der Waals surface area contributed by atoms with E-state index in [0.717, 1.165) is 57.3 Å². The maximum absolute atomic E-state index is 14.0. The van der Waals surface area contributed by atoms with Crippen LogP contribution in [0, 0.1) is 31.1 Å². The number of carbonyl (C=O) groups excluding carboxylic acids is 1. The van der Waals surface area contributed by atoms with Crippen molar-refractivity contribution >= 4 is 28.4 Å². The Morgan fingerprint density at radius 2 is 1.84 bits per heavy atom. The van der Waals surface area contributed by atoms with Crippen molar-refractivity contribution in [3.8, 4) is 17.6 Å². The molecule has 5 rings (SSSR count). The molecule has 4 aromatic rings. The van der Waals surface area contributed by atoms with Gasteiger partial charge in [-0.25, -0.2) is 0 Å². The van der Waals surface area contributed by atoms with E-state index in [4.69, 9.17) is 26.8 Å². The molecular formula is C37H41ClN4O3. The highest BCUT2D eigenvalue weighted by atomic mass is 35.5. The van der Waals surface area contributed by atoms with Crippen LogP contribution in [0.1, 0.15) is 54.5 Å². The summed E-state index contributed by atoms with van der Waals surface area (Å²) >= 11 is 6.34. The molecule has 0 saturated heterocycles. The Balaban J connectivity index is 1.23. The number of hydrogen-bond acceptors (Lipinski definition) is 6. The summed E-state index contributed by atoms with van der Waals surface area (Å²) in [5.41, 5.74) is 11.4. The number of nitrogens with zero attached hydrogens (tertiary/aromatic N) is 3. The van der Waals surface area contributed by atoms with Gasteiger partial charge in [-0.3, -0.25) is 9.78 Å². The van der Waals surface area contributed by atoms with Crippen molar-refractivity contribution in [3.63, 3.8) is 0 Å². The van der Waals surface area contributed by atoms with E-state index in [0.29, 0.717) is 37.0 Å². The van der Waals surface area contributed by atoms with E-state index in [9.17, 15) is 10.1 Å². The minimum absolute atomic E-state index is 0.0524. The van der Waals surface area contributed by atoms with Crippen molar-refractivity contribution in [1.29, 1.82) is 5.26 Å². The molecule has 1 heterocycles. The monoisotopic (exact) mass is 624 g/mol. The Bertz CT molecular complexity index is 1690. The number of aromatic nitrogens is 1. The highest BCUT2D eigenvalue weighted by molar-refractivity contribution is 6.32. The van der Waals surface area contributed by atoms with Gasteiger partial charge in [0.05, 0.1) is 27.9 Å². The van der Waals surface area contributed by atoms with Gasteiger partial charge in [0.25, 0.3) is 0 Å². The minimum atomic E-state index is -0.663. The standard InChI is InChI=1S/C37H41ClN4O3/c1-24-16-25(2)35(33(38)17-24)45-15-14-44-32-11-7-26(8-12-32)18-28(21-39)36(43)42(31-9-10-31)22-29-20-30(37(3,4)23-40)19-27-6-5-13-41-34(27)29/h5-8,11-13,16-17,19-20,28,31H,9-10,14-15,18,21-22,39H2,1-4H3. The fraction of sp³-hybridized carbons (Fsp3) is 0.378. The molecular weight excluding hydrogens is 584 g/mol. The number of pyridine rings is 1. The number of carbonyl (C=O) groups is 1. The number of ether oxygens (including phenoxy) is 2. The van der Waals surface area contributed by atoms with E-state index in [1.807, 2.05) is 93.3 Å². The molecule has 1 saturated carbocycles.